The first-order valence-electron chi connectivity index (χ1n) is 5.19. The maximum absolute atomic E-state index is 12.1. The van der Waals surface area contributed by atoms with E-state index in [2.05, 4.69) is 15.9 Å². The minimum atomic E-state index is -0.0781. The second-order valence-electron chi connectivity index (χ2n) is 3.74. The molecule has 2 nitrogen and oxygen atoms in total. The zero-order chi connectivity index (χ0) is 13.1. The predicted molar refractivity (Wildman–Crippen MR) is 75.1 cm³/mol. The Labute approximate surface area is 123 Å². The Balaban J connectivity index is 2.24. The molecule has 0 bridgehead atoms. The molecule has 0 amide bonds. The minimum Gasteiger partial charge on any atom is -0.287 e. The van der Waals surface area contributed by atoms with Crippen molar-refractivity contribution in [1.29, 1.82) is 0 Å². The molecule has 0 aliphatic heterocycles. The summed E-state index contributed by atoms with van der Waals surface area (Å²) < 4.78 is 2.69. The van der Waals surface area contributed by atoms with Gasteiger partial charge in [-0.3, -0.25) is 4.79 Å². The summed E-state index contributed by atoms with van der Waals surface area (Å²) in [6.45, 7) is 0.222. The second-order valence-corrected chi connectivity index (χ2v) is 5.50. The lowest BCUT2D eigenvalue weighted by atomic mass is 10.1. The van der Waals surface area contributed by atoms with Crippen LogP contribution in [-0.2, 0) is 6.54 Å². The fourth-order valence-corrected chi connectivity index (χ4v) is 2.36. The van der Waals surface area contributed by atoms with Gasteiger partial charge < -0.3 is 0 Å². The van der Waals surface area contributed by atoms with Gasteiger partial charge in [-0.2, -0.15) is 4.57 Å². The molecule has 1 aromatic heterocycles. The number of pyridine rings is 1. The molecular weight excluding hydrogens is 337 g/mol. The number of ketones is 1. The fraction of sp³-hybridized carbons (Fsp3) is 0.0769. The molecule has 92 valence electrons. The number of halogens is 3. The van der Waals surface area contributed by atoms with Gasteiger partial charge in [-0.05, 0) is 40.2 Å². The van der Waals surface area contributed by atoms with E-state index >= 15 is 0 Å². The van der Waals surface area contributed by atoms with E-state index in [1.165, 1.54) is 0 Å². The van der Waals surface area contributed by atoms with Crippen molar-refractivity contribution in [3.8, 4) is 0 Å². The third-order valence-electron chi connectivity index (χ3n) is 2.38. The first-order valence-corrected chi connectivity index (χ1v) is 6.74. The quantitative estimate of drug-likeness (QED) is 0.610. The van der Waals surface area contributed by atoms with Gasteiger partial charge in [0.15, 0.2) is 12.4 Å². The lowest BCUT2D eigenvalue weighted by Gasteiger charge is -2.02. The number of hydrogen-bond donors (Lipinski definition) is 0. The van der Waals surface area contributed by atoms with Crippen molar-refractivity contribution >= 4 is 44.9 Å². The Hall–Kier alpha value is -0.900. The topological polar surface area (TPSA) is 20.9 Å². The van der Waals surface area contributed by atoms with Crippen LogP contribution in [0.5, 0.6) is 0 Å². The smallest absolute Gasteiger partial charge is 0.229 e. The molecule has 2 rings (SSSR count). The Bertz CT molecular complexity index is 601. The Morgan fingerprint density at radius 3 is 2.78 bits per heavy atom. The molecule has 0 saturated heterocycles. The molecule has 0 N–H and O–H groups in total. The molecular formula is C13H9BrCl2NO+. The molecule has 0 saturated carbocycles. The molecule has 0 aliphatic carbocycles. The zero-order valence-electron chi connectivity index (χ0n) is 9.24. The van der Waals surface area contributed by atoms with Crippen LogP contribution in [-0.4, -0.2) is 5.78 Å². The van der Waals surface area contributed by atoms with Gasteiger partial charge >= 0.3 is 0 Å². The first kappa shape index (κ1) is 13.5. The summed E-state index contributed by atoms with van der Waals surface area (Å²) in [5.74, 6) is -0.0781. The number of aromatic nitrogens is 1. The van der Waals surface area contributed by atoms with Crippen molar-refractivity contribution in [2.75, 3.05) is 0 Å². The van der Waals surface area contributed by atoms with Crippen LogP contribution >= 0.6 is 39.1 Å². The number of carbonyl (C=O) groups excluding carboxylic acids is 1. The number of carbonyl (C=O) groups is 1. The average Bonchev–Trinajstić information content (AvgIpc) is 2.32. The van der Waals surface area contributed by atoms with Gasteiger partial charge in [0.25, 0.3) is 0 Å². The van der Waals surface area contributed by atoms with Gasteiger partial charge in [0.1, 0.15) is 0 Å². The van der Waals surface area contributed by atoms with Crippen LogP contribution in [0.2, 0.25) is 10.0 Å². The summed E-state index contributed by atoms with van der Waals surface area (Å²) in [5.41, 5.74) is 0.441. The van der Waals surface area contributed by atoms with E-state index in [1.807, 2.05) is 24.5 Å². The maximum atomic E-state index is 12.1. The number of hydrogen-bond acceptors (Lipinski definition) is 1. The number of Topliss-reactive ketones (excluding diaryl/α,β-unsaturated/α-hetero) is 1. The molecule has 1 heterocycles. The third-order valence-corrected chi connectivity index (χ3v) is 3.41. The van der Waals surface area contributed by atoms with Crippen molar-refractivity contribution in [1.82, 2.24) is 0 Å². The van der Waals surface area contributed by atoms with Crippen LogP contribution < -0.4 is 4.57 Å². The standard InChI is InChI=1S/C13H9BrCl2NO/c14-9-2-1-5-17(7-9)8-13(18)11-6-10(15)3-4-12(11)16/h1-7H,8H2/q+1. The number of rotatable bonds is 3. The van der Waals surface area contributed by atoms with E-state index < -0.39 is 0 Å². The molecule has 0 radical (unpaired) electrons. The summed E-state index contributed by atoms with van der Waals surface area (Å²) in [7, 11) is 0. The van der Waals surface area contributed by atoms with E-state index in [9.17, 15) is 4.79 Å². The van der Waals surface area contributed by atoms with E-state index in [4.69, 9.17) is 23.2 Å². The summed E-state index contributed by atoms with van der Waals surface area (Å²) in [6.07, 6.45) is 3.65. The molecule has 18 heavy (non-hydrogen) atoms. The maximum Gasteiger partial charge on any atom is 0.229 e. The summed E-state index contributed by atoms with van der Waals surface area (Å²) in [6, 6.07) is 8.63. The van der Waals surface area contributed by atoms with E-state index in [1.54, 1.807) is 22.8 Å². The number of benzene rings is 1. The van der Waals surface area contributed by atoms with Gasteiger partial charge in [-0.15, -0.1) is 0 Å². The second kappa shape index (κ2) is 5.83. The van der Waals surface area contributed by atoms with E-state index in [-0.39, 0.29) is 12.3 Å². The van der Waals surface area contributed by atoms with Gasteiger partial charge in [0.05, 0.1) is 9.50 Å². The van der Waals surface area contributed by atoms with Crippen LogP contribution in [0.4, 0.5) is 0 Å². The molecule has 0 spiro atoms. The van der Waals surface area contributed by atoms with Gasteiger partial charge in [-0.1, -0.05) is 23.2 Å². The van der Waals surface area contributed by atoms with Crippen LogP contribution in [0, 0.1) is 0 Å². The third kappa shape index (κ3) is 3.31. The monoisotopic (exact) mass is 344 g/mol. The van der Waals surface area contributed by atoms with Crippen LogP contribution in [0.15, 0.2) is 47.2 Å². The van der Waals surface area contributed by atoms with Crippen LogP contribution in [0.3, 0.4) is 0 Å². The largest absolute Gasteiger partial charge is 0.287 e. The van der Waals surface area contributed by atoms with Gasteiger partial charge in [-0.25, -0.2) is 0 Å². The minimum absolute atomic E-state index is 0.0781. The van der Waals surface area contributed by atoms with Crippen molar-refractivity contribution in [3.63, 3.8) is 0 Å². The Morgan fingerprint density at radius 2 is 2.06 bits per heavy atom. The first-order chi connectivity index (χ1) is 8.56. The highest BCUT2D eigenvalue weighted by atomic mass is 79.9. The molecule has 0 unspecified atom stereocenters. The predicted octanol–water partition coefficient (Wildman–Crippen LogP) is 3.93. The highest BCUT2D eigenvalue weighted by Gasteiger charge is 2.15. The SMILES string of the molecule is O=C(C[n+]1cccc(Br)c1)c1cc(Cl)ccc1Cl. The number of nitrogens with zero attached hydrogens (tertiary/aromatic N) is 1. The normalized spacial score (nSPS) is 10.4. The Kier molecular flexibility index (Phi) is 4.38. The molecule has 5 heteroatoms. The molecule has 1 aromatic carbocycles. The molecule has 2 aromatic rings. The fourth-order valence-electron chi connectivity index (χ4n) is 1.55. The van der Waals surface area contributed by atoms with Gasteiger partial charge in [0, 0.05) is 16.7 Å². The summed E-state index contributed by atoms with van der Waals surface area (Å²) in [4.78, 5) is 12.1. The van der Waals surface area contributed by atoms with E-state index in [0.29, 0.717) is 15.6 Å². The highest BCUT2D eigenvalue weighted by molar-refractivity contribution is 9.10. The van der Waals surface area contributed by atoms with Crippen LogP contribution in [0.25, 0.3) is 0 Å². The van der Waals surface area contributed by atoms with Crippen LogP contribution in [0.1, 0.15) is 10.4 Å². The molecule has 0 atom stereocenters. The highest BCUT2D eigenvalue weighted by Crippen LogP contribution is 2.21. The van der Waals surface area contributed by atoms with E-state index in [0.717, 1.165) is 4.47 Å². The zero-order valence-corrected chi connectivity index (χ0v) is 12.3. The molecule has 0 aliphatic rings. The molecule has 0 fully saturated rings. The van der Waals surface area contributed by atoms with Gasteiger partial charge in [0.2, 0.25) is 12.3 Å². The van der Waals surface area contributed by atoms with Crippen molar-refractivity contribution in [2.24, 2.45) is 0 Å². The van der Waals surface area contributed by atoms with Crippen molar-refractivity contribution in [2.45, 2.75) is 6.54 Å². The lowest BCUT2D eigenvalue weighted by molar-refractivity contribution is -0.683. The average molecular weight is 346 g/mol. The summed E-state index contributed by atoms with van der Waals surface area (Å²) >= 11 is 15.2. The lowest BCUT2D eigenvalue weighted by Crippen LogP contribution is -2.37. The van der Waals surface area contributed by atoms with Crippen molar-refractivity contribution in [3.05, 3.63) is 62.8 Å². The van der Waals surface area contributed by atoms with Crippen molar-refractivity contribution < 1.29 is 9.36 Å². The Morgan fingerprint density at radius 1 is 1.28 bits per heavy atom. The summed E-state index contributed by atoms with van der Waals surface area (Å²) in [5, 5.41) is 0.919.